The molecule has 0 unspecified atom stereocenters. The lowest BCUT2D eigenvalue weighted by atomic mass is 9.94. The highest BCUT2D eigenvalue weighted by molar-refractivity contribution is 5.85. The van der Waals surface area contributed by atoms with Crippen molar-refractivity contribution in [2.45, 2.75) is 18.8 Å². The fourth-order valence-corrected chi connectivity index (χ4v) is 2.91. The van der Waals surface area contributed by atoms with E-state index in [2.05, 4.69) is 25.5 Å². The Kier molecular flexibility index (Phi) is 5.36. The molecule has 2 N–H and O–H groups in total. The Morgan fingerprint density at radius 2 is 1.95 bits per heavy atom. The first-order chi connectivity index (χ1) is 9.79. The van der Waals surface area contributed by atoms with Gasteiger partial charge in [-0.3, -0.25) is 9.78 Å². The Labute approximate surface area is 131 Å². The predicted octanol–water partition coefficient (Wildman–Crippen LogP) is 0.548. The van der Waals surface area contributed by atoms with Crippen LogP contribution in [0.15, 0.2) is 12.4 Å². The number of hydrogen-bond donors (Lipinski definition) is 2. The molecule has 6 nitrogen and oxygen atoms in total. The summed E-state index contributed by atoms with van der Waals surface area (Å²) in [5, 5.41) is 6.02. The summed E-state index contributed by atoms with van der Waals surface area (Å²) in [4.78, 5) is 23.0. The number of aromatic nitrogens is 2. The summed E-state index contributed by atoms with van der Waals surface area (Å²) in [6.45, 7) is 3.73. The van der Waals surface area contributed by atoms with E-state index >= 15 is 0 Å². The van der Waals surface area contributed by atoms with Gasteiger partial charge in [0.15, 0.2) is 5.82 Å². The second-order valence-corrected chi connectivity index (χ2v) is 5.50. The maximum Gasteiger partial charge on any atom is 0.222 e. The first-order valence-corrected chi connectivity index (χ1v) is 7.27. The topological polar surface area (TPSA) is 70.2 Å². The number of piperidine rings is 1. The van der Waals surface area contributed by atoms with Crippen LogP contribution in [0.25, 0.3) is 0 Å². The summed E-state index contributed by atoms with van der Waals surface area (Å²) in [5.74, 6) is 1.79. The van der Waals surface area contributed by atoms with Crippen molar-refractivity contribution < 1.29 is 4.79 Å². The molecule has 1 aromatic rings. The van der Waals surface area contributed by atoms with Crippen LogP contribution in [-0.2, 0) is 4.79 Å². The number of hydrogen-bond acceptors (Lipinski definition) is 5. The lowest BCUT2D eigenvalue weighted by molar-refractivity contribution is -0.125. The first kappa shape index (κ1) is 16.0. The quantitative estimate of drug-likeness (QED) is 0.853. The van der Waals surface area contributed by atoms with Crippen molar-refractivity contribution in [2.24, 2.45) is 5.92 Å². The molecule has 0 spiro atoms. The number of rotatable bonds is 3. The van der Waals surface area contributed by atoms with Gasteiger partial charge in [-0.05, 0) is 12.8 Å². The zero-order chi connectivity index (χ0) is 13.9. The summed E-state index contributed by atoms with van der Waals surface area (Å²) in [5.41, 5.74) is 1.10. The summed E-state index contributed by atoms with van der Waals surface area (Å²) in [6, 6.07) is 0. The molecule has 3 rings (SSSR count). The van der Waals surface area contributed by atoms with Gasteiger partial charge in [-0.2, -0.15) is 0 Å². The standard InChI is InChI=1S/C14H21N5O.ClH/c1-15-14(20)10-2-6-19(7-3-10)13-12(11-8-16-9-11)17-4-5-18-13;/h4-5,10-11,16H,2-3,6-9H2,1H3,(H,15,20);1H. The monoisotopic (exact) mass is 311 g/mol. The van der Waals surface area contributed by atoms with Crippen molar-refractivity contribution in [1.82, 2.24) is 20.6 Å². The SMILES string of the molecule is CNC(=O)C1CCN(c2nccnc2C2CNC2)CC1.Cl. The van der Waals surface area contributed by atoms with E-state index in [1.165, 1.54) is 0 Å². The van der Waals surface area contributed by atoms with E-state index < -0.39 is 0 Å². The number of amides is 1. The molecule has 3 heterocycles. The molecule has 1 amide bonds. The van der Waals surface area contributed by atoms with Gasteiger partial charge in [0.2, 0.25) is 5.91 Å². The summed E-state index contributed by atoms with van der Waals surface area (Å²) in [7, 11) is 1.71. The van der Waals surface area contributed by atoms with Gasteiger partial charge in [-0.25, -0.2) is 4.98 Å². The molecule has 0 aliphatic carbocycles. The molecule has 2 saturated heterocycles. The van der Waals surface area contributed by atoms with Gasteiger partial charge in [-0.1, -0.05) is 0 Å². The maximum atomic E-state index is 11.7. The van der Waals surface area contributed by atoms with Crippen molar-refractivity contribution in [2.75, 3.05) is 38.1 Å². The van der Waals surface area contributed by atoms with Crippen LogP contribution >= 0.6 is 12.4 Å². The molecular weight excluding hydrogens is 290 g/mol. The van der Waals surface area contributed by atoms with Crippen LogP contribution in [0, 0.1) is 5.92 Å². The van der Waals surface area contributed by atoms with Crippen LogP contribution in [0.5, 0.6) is 0 Å². The zero-order valence-electron chi connectivity index (χ0n) is 12.2. The van der Waals surface area contributed by atoms with Gasteiger partial charge in [-0.15, -0.1) is 12.4 Å². The third-order valence-electron chi connectivity index (χ3n) is 4.29. The van der Waals surface area contributed by atoms with Gasteiger partial charge in [0.05, 0.1) is 5.69 Å². The zero-order valence-corrected chi connectivity index (χ0v) is 13.0. The Balaban J connectivity index is 0.00000161. The molecule has 0 radical (unpaired) electrons. The van der Waals surface area contributed by atoms with Gasteiger partial charge in [0, 0.05) is 57.5 Å². The highest BCUT2D eigenvalue weighted by Crippen LogP contribution is 2.29. The molecule has 2 aliphatic rings. The van der Waals surface area contributed by atoms with Crippen LogP contribution in [0.2, 0.25) is 0 Å². The van der Waals surface area contributed by atoms with Gasteiger partial charge < -0.3 is 15.5 Å². The average Bonchev–Trinajstić information content (AvgIpc) is 2.45. The summed E-state index contributed by atoms with van der Waals surface area (Å²) >= 11 is 0. The van der Waals surface area contributed by atoms with Crippen molar-refractivity contribution in [1.29, 1.82) is 0 Å². The molecule has 0 saturated carbocycles. The maximum absolute atomic E-state index is 11.7. The van der Waals surface area contributed by atoms with Gasteiger partial charge in [0.1, 0.15) is 0 Å². The van der Waals surface area contributed by atoms with E-state index in [4.69, 9.17) is 0 Å². The molecule has 1 aromatic heterocycles. The van der Waals surface area contributed by atoms with Crippen LogP contribution in [-0.4, -0.2) is 49.1 Å². The van der Waals surface area contributed by atoms with Crippen LogP contribution in [0.3, 0.4) is 0 Å². The highest BCUT2D eigenvalue weighted by atomic mass is 35.5. The number of anilines is 1. The molecule has 2 fully saturated rings. The van der Waals surface area contributed by atoms with E-state index in [0.717, 1.165) is 50.5 Å². The van der Waals surface area contributed by atoms with E-state index in [9.17, 15) is 4.79 Å². The molecule has 2 aliphatic heterocycles. The van der Waals surface area contributed by atoms with Gasteiger partial charge >= 0.3 is 0 Å². The minimum absolute atomic E-state index is 0. The molecule has 7 heteroatoms. The Bertz CT molecular complexity index is 486. The summed E-state index contributed by atoms with van der Waals surface area (Å²) in [6.07, 6.45) is 5.31. The number of nitrogens with zero attached hydrogens (tertiary/aromatic N) is 3. The fourth-order valence-electron chi connectivity index (χ4n) is 2.91. The van der Waals surface area contributed by atoms with Crippen LogP contribution in [0.4, 0.5) is 5.82 Å². The normalized spacial score (nSPS) is 19.6. The lowest BCUT2D eigenvalue weighted by Gasteiger charge is -2.35. The minimum Gasteiger partial charge on any atom is -0.359 e. The number of carbonyl (C=O) groups is 1. The minimum atomic E-state index is 0. The molecular formula is C14H22ClN5O. The molecule has 21 heavy (non-hydrogen) atoms. The Morgan fingerprint density at radius 3 is 2.52 bits per heavy atom. The van der Waals surface area contributed by atoms with Crippen LogP contribution in [0.1, 0.15) is 24.5 Å². The van der Waals surface area contributed by atoms with Crippen molar-refractivity contribution >= 4 is 24.1 Å². The van der Waals surface area contributed by atoms with Gasteiger partial charge in [0.25, 0.3) is 0 Å². The average molecular weight is 312 g/mol. The fraction of sp³-hybridized carbons (Fsp3) is 0.643. The second kappa shape index (κ2) is 7.04. The van der Waals surface area contributed by atoms with E-state index in [1.54, 1.807) is 19.4 Å². The van der Waals surface area contributed by atoms with Crippen molar-refractivity contribution in [3.05, 3.63) is 18.1 Å². The second-order valence-electron chi connectivity index (χ2n) is 5.50. The first-order valence-electron chi connectivity index (χ1n) is 7.27. The number of carbonyl (C=O) groups excluding carboxylic acids is 1. The molecule has 0 bridgehead atoms. The van der Waals surface area contributed by atoms with E-state index in [-0.39, 0.29) is 24.2 Å². The third kappa shape index (κ3) is 3.27. The Morgan fingerprint density at radius 1 is 1.29 bits per heavy atom. The van der Waals surface area contributed by atoms with E-state index in [1.807, 2.05) is 0 Å². The lowest BCUT2D eigenvalue weighted by Crippen LogP contribution is -2.43. The highest BCUT2D eigenvalue weighted by Gasteiger charge is 2.29. The van der Waals surface area contributed by atoms with Crippen molar-refractivity contribution in [3.8, 4) is 0 Å². The smallest absolute Gasteiger partial charge is 0.222 e. The summed E-state index contributed by atoms with van der Waals surface area (Å²) < 4.78 is 0. The van der Waals surface area contributed by atoms with E-state index in [0.29, 0.717) is 5.92 Å². The third-order valence-corrected chi connectivity index (χ3v) is 4.29. The predicted molar refractivity (Wildman–Crippen MR) is 83.9 cm³/mol. The number of nitrogens with one attached hydrogen (secondary N) is 2. The van der Waals surface area contributed by atoms with Crippen LogP contribution < -0.4 is 15.5 Å². The molecule has 0 aromatic carbocycles. The molecule has 116 valence electrons. The number of halogens is 1. The Hall–Kier alpha value is -1.40. The molecule has 0 atom stereocenters. The largest absolute Gasteiger partial charge is 0.359 e. The van der Waals surface area contributed by atoms with Crippen molar-refractivity contribution in [3.63, 3.8) is 0 Å².